The fourth-order valence-corrected chi connectivity index (χ4v) is 1.83. The lowest BCUT2D eigenvalue weighted by molar-refractivity contribution is 0.0904. The Bertz CT molecular complexity index is 348. The second-order valence-electron chi connectivity index (χ2n) is 3.96. The van der Waals surface area contributed by atoms with E-state index in [0.29, 0.717) is 24.1 Å². The van der Waals surface area contributed by atoms with Crippen LogP contribution in [0, 0.1) is 0 Å². The third kappa shape index (κ3) is 2.58. The molecule has 4 heteroatoms. The summed E-state index contributed by atoms with van der Waals surface area (Å²) in [5.41, 5.74) is 5.97. The number of hydrogen-bond acceptors (Lipinski definition) is 4. The zero-order valence-electron chi connectivity index (χ0n) is 9.19. The summed E-state index contributed by atoms with van der Waals surface area (Å²) < 4.78 is 11.0. The molecule has 3 N–H and O–H groups in total. The van der Waals surface area contributed by atoms with Crippen molar-refractivity contribution in [1.29, 1.82) is 0 Å². The van der Waals surface area contributed by atoms with Crippen molar-refractivity contribution < 1.29 is 14.6 Å². The van der Waals surface area contributed by atoms with Gasteiger partial charge in [0.15, 0.2) is 0 Å². The average molecular weight is 223 g/mol. The maximum absolute atomic E-state index is 9.38. The summed E-state index contributed by atoms with van der Waals surface area (Å²) in [7, 11) is 0. The van der Waals surface area contributed by atoms with Gasteiger partial charge in [0.1, 0.15) is 17.2 Å². The Morgan fingerprint density at radius 2 is 2.38 bits per heavy atom. The van der Waals surface area contributed by atoms with Crippen LogP contribution in [0.1, 0.15) is 19.3 Å². The van der Waals surface area contributed by atoms with Gasteiger partial charge in [-0.25, -0.2) is 0 Å². The second-order valence-corrected chi connectivity index (χ2v) is 3.96. The molecule has 1 heterocycles. The number of aromatic hydroxyl groups is 1. The van der Waals surface area contributed by atoms with Gasteiger partial charge in [-0.2, -0.15) is 0 Å². The van der Waals surface area contributed by atoms with Gasteiger partial charge in [-0.1, -0.05) is 6.07 Å². The van der Waals surface area contributed by atoms with Crippen molar-refractivity contribution in [3.8, 4) is 11.5 Å². The molecular formula is C12H17NO3. The minimum absolute atomic E-state index is 0.0645. The average Bonchev–Trinajstić information content (AvgIpc) is 2.77. The van der Waals surface area contributed by atoms with Gasteiger partial charge in [-0.15, -0.1) is 0 Å². The van der Waals surface area contributed by atoms with Crippen LogP contribution < -0.4 is 10.5 Å². The van der Waals surface area contributed by atoms with Gasteiger partial charge in [0.05, 0.1) is 12.7 Å². The van der Waals surface area contributed by atoms with Crippen molar-refractivity contribution in [2.75, 3.05) is 18.9 Å². The molecule has 1 aliphatic heterocycles. The lowest BCUT2D eigenvalue weighted by Gasteiger charge is -2.12. The lowest BCUT2D eigenvalue weighted by atomic mass is 10.2. The molecule has 0 bridgehead atoms. The second kappa shape index (κ2) is 5.07. The monoisotopic (exact) mass is 223 g/mol. The van der Waals surface area contributed by atoms with E-state index in [1.54, 1.807) is 18.2 Å². The number of rotatable bonds is 4. The maximum atomic E-state index is 9.38. The Morgan fingerprint density at radius 3 is 3.12 bits per heavy atom. The summed E-state index contributed by atoms with van der Waals surface area (Å²) in [6, 6.07) is 5.01. The third-order valence-electron chi connectivity index (χ3n) is 2.76. The predicted molar refractivity (Wildman–Crippen MR) is 61.6 cm³/mol. The number of phenols is 1. The highest BCUT2D eigenvalue weighted by Crippen LogP contribution is 2.30. The van der Waals surface area contributed by atoms with Crippen LogP contribution in [0.25, 0.3) is 0 Å². The fourth-order valence-electron chi connectivity index (χ4n) is 1.83. The molecule has 0 aliphatic carbocycles. The van der Waals surface area contributed by atoms with E-state index < -0.39 is 0 Å². The van der Waals surface area contributed by atoms with E-state index in [-0.39, 0.29) is 5.75 Å². The summed E-state index contributed by atoms with van der Waals surface area (Å²) in [6.45, 7) is 1.43. The van der Waals surface area contributed by atoms with Crippen molar-refractivity contribution in [2.24, 2.45) is 0 Å². The molecule has 1 saturated heterocycles. The summed E-state index contributed by atoms with van der Waals surface area (Å²) in [5, 5.41) is 9.38. The zero-order chi connectivity index (χ0) is 11.4. The summed E-state index contributed by atoms with van der Waals surface area (Å²) >= 11 is 0. The first-order chi connectivity index (χ1) is 7.77. The quantitative estimate of drug-likeness (QED) is 0.604. The molecule has 2 rings (SSSR count). The summed E-state index contributed by atoms with van der Waals surface area (Å²) in [6.07, 6.45) is 3.44. The van der Waals surface area contributed by atoms with Crippen LogP contribution in [0.15, 0.2) is 18.2 Å². The number of phenolic OH excluding ortho intramolecular Hbond substituents is 1. The Hall–Kier alpha value is -1.42. The summed E-state index contributed by atoms with van der Waals surface area (Å²) in [4.78, 5) is 0. The molecule has 1 aliphatic rings. The molecule has 1 aromatic rings. The summed E-state index contributed by atoms with van der Waals surface area (Å²) in [5.74, 6) is 0.604. The minimum Gasteiger partial charge on any atom is -0.506 e. The standard InChI is InChI=1S/C12H17NO3/c13-12-10(14)4-1-5-11(12)16-8-6-9-3-2-7-15-9/h1,4-5,9,14H,2-3,6-8,13H2. The lowest BCUT2D eigenvalue weighted by Crippen LogP contribution is -2.11. The maximum Gasteiger partial charge on any atom is 0.145 e. The Balaban J connectivity index is 1.82. The minimum atomic E-state index is 0.0645. The number of para-hydroxylation sites is 1. The molecule has 0 aromatic heterocycles. The van der Waals surface area contributed by atoms with Crippen molar-refractivity contribution >= 4 is 5.69 Å². The number of benzene rings is 1. The first kappa shape index (κ1) is 11.1. The van der Waals surface area contributed by atoms with Crippen LogP contribution >= 0.6 is 0 Å². The normalized spacial score (nSPS) is 19.9. The van der Waals surface area contributed by atoms with Gasteiger partial charge < -0.3 is 20.3 Å². The highest BCUT2D eigenvalue weighted by atomic mass is 16.5. The van der Waals surface area contributed by atoms with E-state index in [9.17, 15) is 5.11 Å². The van der Waals surface area contributed by atoms with E-state index in [0.717, 1.165) is 25.9 Å². The Labute approximate surface area is 95.0 Å². The topological polar surface area (TPSA) is 64.7 Å². The van der Waals surface area contributed by atoms with E-state index in [4.69, 9.17) is 15.2 Å². The van der Waals surface area contributed by atoms with Crippen molar-refractivity contribution in [1.82, 2.24) is 0 Å². The molecule has 0 saturated carbocycles. The number of ether oxygens (including phenoxy) is 2. The zero-order valence-corrected chi connectivity index (χ0v) is 9.19. The SMILES string of the molecule is Nc1c(O)cccc1OCCC1CCCO1. The van der Waals surface area contributed by atoms with Gasteiger partial charge in [0, 0.05) is 13.0 Å². The van der Waals surface area contributed by atoms with Crippen LogP contribution in [0.4, 0.5) is 5.69 Å². The van der Waals surface area contributed by atoms with E-state index >= 15 is 0 Å². The van der Waals surface area contributed by atoms with Gasteiger partial charge in [-0.05, 0) is 25.0 Å². The number of nitrogens with two attached hydrogens (primary N) is 1. The van der Waals surface area contributed by atoms with Crippen LogP contribution in [0.2, 0.25) is 0 Å². The van der Waals surface area contributed by atoms with Gasteiger partial charge in [0.2, 0.25) is 0 Å². The number of hydrogen-bond donors (Lipinski definition) is 2. The number of anilines is 1. The molecule has 1 fully saturated rings. The molecule has 1 aromatic carbocycles. The van der Waals surface area contributed by atoms with E-state index in [2.05, 4.69) is 0 Å². The molecule has 1 unspecified atom stereocenters. The van der Waals surface area contributed by atoms with Crippen LogP contribution in [0.5, 0.6) is 11.5 Å². The Kier molecular flexibility index (Phi) is 3.51. The smallest absolute Gasteiger partial charge is 0.145 e. The van der Waals surface area contributed by atoms with Crippen molar-refractivity contribution in [2.45, 2.75) is 25.4 Å². The number of nitrogen functional groups attached to an aromatic ring is 1. The largest absolute Gasteiger partial charge is 0.506 e. The fraction of sp³-hybridized carbons (Fsp3) is 0.500. The van der Waals surface area contributed by atoms with Crippen LogP contribution in [0.3, 0.4) is 0 Å². The molecule has 1 atom stereocenters. The van der Waals surface area contributed by atoms with Crippen LogP contribution in [-0.2, 0) is 4.74 Å². The molecule has 0 spiro atoms. The van der Waals surface area contributed by atoms with Gasteiger partial charge in [0.25, 0.3) is 0 Å². The molecule has 0 amide bonds. The highest BCUT2D eigenvalue weighted by molar-refractivity contribution is 5.61. The molecule has 4 nitrogen and oxygen atoms in total. The first-order valence-corrected chi connectivity index (χ1v) is 5.59. The highest BCUT2D eigenvalue weighted by Gasteiger charge is 2.15. The van der Waals surface area contributed by atoms with Crippen molar-refractivity contribution in [3.63, 3.8) is 0 Å². The molecule has 16 heavy (non-hydrogen) atoms. The first-order valence-electron chi connectivity index (χ1n) is 5.59. The van der Waals surface area contributed by atoms with Crippen LogP contribution in [-0.4, -0.2) is 24.4 Å². The van der Waals surface area contributed by atoms with E-state index in [1.165, 1.54) is 0 Å². The predicted octanol–water partition coefficient (Wildman–Crippen LogP) is 1.92. The molecule has 0 radical (unpaired) electrons. The van der Waals surface area contributed by atoms with Crippen molar-refractivity contribution in [3.05, 3.63) is 18.2 Å². The van der Waals surface area contributed by atoms with Gasteiger partial charge >= 0.3 is 0 Å². The molecular weight excluding hydrogens is 206 g/mol. The third-order valence-corrected chi connectivity index (χ3v) is 2.76. The Morgan fingerprint density at radius 1 is 1.50 bits per heavy atom. The van der Waals surface area contributed by atoms with E-state index in [1.807, 2.05) is 0 Å². The molecule has 88 valence electrons. The van der Waals surface area contributed by atoms with Gasteiger partial charge in [-0.3, -0.25) is 0 Å².